The topological polar surface area (TPSA) is 46.3 Å². The average molecular weight is 264 g/mol. The minimum absolute atomic E-state index is 0.0801. The lowest BCUT2D eigenvalue weighted by Gasteiger charge is -2.24. The van der Waals surface area contributed by atoms with Crippen LogP contribution in [-0.2, 0) is 4.79 Å². The highest BCUT2D eigenvalue weighted by atomic mass is 19.1. The van der Waals surface area contributed by atoms with Crippen LogP contribution < -0.4 is 10.6 Å². The normalized spacial score (nSPS) is 22.5. The molecule has 1 aromatic rings. The molecule has 3 nitrogen and oxygen atoms in total. The van der Waals surface area contributed by atoms with Gasteiger partial charge in [0, 0.05) is 24.7 Å². The van der Waals surface area contributed by atoms with E-state index in [1.165, 1.54) is 12.1 Å². The Bertz CT molecular complexity index is 432. The maximum atomic E-state index is 12.9. The van der Waals surface area contributed by atoms with Crippen molar-refractivity contribution >= 4 is 11.6 Å². The van der Waals surface area contributed by atoms with Crippen molar-refractivity contribution in [3.05, 3.63) is 30.1 Å². The van der Waals surface area contributed by atoms with Crippen LogP contribution in [0.4, 0.5) is 10.1 Å². The van der Waals surface area contributed by atoms with Crippen molar-refractivity contribution in [1.29, 1.82) is 0 Å². The van der Waals surface area contributed by atoms with E-state index in [0.29, 0.717) is 18.9 Å². The molecule has 0 aliphatic heterocycles. The van der Waals surface area contributed by atoms with E-state index in [4.69, 9.17) is 5.73 Å². The largest absolute Gasteiger partial charge is 0.327 e. The van der Waals surface area contributed by atoms with Gasteiger partial charge in [0.2, 0.25) is 5.91 Å². The molecule has 2 N–H and O–H groups in total. The van der Waals surface area contributed by atoms with Gasteiger partial charge in [-0.25, -0.2) is 4.39 Å². The van der Waals surface area contributed by atoms with Gasteiger partial charge in [0.05, 0.1) is 0 Å². The summed E-state index contributed by atoms with van der Waals surface area (Å²) in [7, 11) is 0. The summed E-state index contributed by atoms with van der Waals surface area (Å²) in [6, 6.07) is 6.20. The van der Waals surface area contributed by atoms with Crippen LogP contribution in [0.2, 0.25) is 0 Å². The Balaban J connectivity index is 2.04. The molecule has 2 rings (SSSR count). The minimum atomic E-state index is -0.287. The van der Waals surface area contributed by atoms with Crippen molar-refractivity contribution in [1.82, 2.24) is 0 Å². The molecule has 0 saturated heterocycles. The van der Waals surface area contributed by atoms with Crippen LogP contribution in [0.5, 0.6) is 0 Å². The van der Waals surface area contributed by atoms with E-state index in [9.17, 15) is 9.18 Å². The molecule has 1 aliphatic rings. The number of anilines is 1. The SMILES string of the molecule is CCN(C(=O)C[C@@H]1CCC[C@H]1N)c1ccc(F)cc1. The quantitative estimate of drug-likeness (QED) is 0.908. The van der Waals surface area contributed by atoms with Crippen molar-refractivity contribution in [2.45, 2.75) is 38.6 Å². The van der Waals surface area contributed by atoms with E-state index >= 15 is 0 Å². The molecule has 0 bridgehead atoms. The number of nitrogens with zero attached hydrogens (tertiary/aromatic N) is 1. The van der Waals surface area contributed by atoms with Crippen LogP contribution in [0.25, 0.3) is 0 Å². The zero-order valence-corrected chi connectivity index (χ0v) is 11.3. The molecule has 1 fully saturated rings. The Labute approximate surface area is 113 Å². The molecular formula is C15H21FN2O. The van der Waals surface area contributed by atoms with Crippen LogP contribution in [0.1, 0.15) is 32.6 Å². The highest BCUT2D eigenvalue weighted by molar-refractivity contribution is 5.93. The third-order valence-corrected chi connectivity index (χ3v) is 3.91. The van der Waals surface area contributed by atoms with E-state index in [2.05, 4.69) is 0 Å². The van der Waals surface area contributed by atoms with Crippen molar-refractivity contribution in [3.63, 3.8) is 0 Å². The van der Waals surface area contributed by atoms with E-state index in [-0.39, 0.29) is 17.8 Å². The van der Waals surface area contributed by atoms with Gasteiger partial charge in [0.15, 0.2) is 0 Å². The number of rotatable bonds is 4. The van der Waals surface area contributed by atoms with Crippen molar-refractivity contribution in [3.8, 4) is 0 Å². The number of hydrogen-bond donors (Lipinski definition) is 1. The summed E-state index contributed by atoms with van der Waals surface area (Å²) in [5.41, 5.74) is 6.76. The first kappa shape index (κ1) is 14.0. The third-order valence-electron chi connectivity index (χ3n) is 3.91. The first-order valence-electron chi connectivity index (χ1n) is 6.93. The molecular weight excluding hydrogens is 243 g/mol. The number of carbonyl (C=O) groups is 1. The Hall–Kier alpha value is -1.42. The van der Waals surface area contributed by atoms with E-state index < -0.39 is 0 Å². The maximum absolute atomic E-state index is 12.9. The van der Waals surface area contributed by atoms with Gasteiger partial charge in [0.25, 0.3) is 0 Å². The summed E-state index contributed by atoms with van der Waals surface area (Å²) in [6.07, 6.45) is 3.66. The fourth-order valence-corrected chi connectivity index (χ4v) is 2.78. The number of halogens is 1. The van der Waals surface area contributed by atoms with Crippen LogP contribution in [0, 0.1) is 11.7 Å². The molecule has 0 heterocycles. The monoisotopic (exact) mass is 264 g/mol. The molecule has 1 aromatic carbocycles. The number of nitrogens with two attached hydrogens (primary N) is 1. The fourth-order valence-electron chi connectivity index (χ4n) is 2.78. The molecule has 0 radical (unpaired) electrons. The summed E-state index contributed by atoms with van der Waals surface area (Å²) in [6.45, 7) is 2.52. The second-order valence-electron chi connectivity index (χ2n) is 5.17. The first-order chi connectivity index (χ1) is 9.11. The van der Waals surface area contributed by atoms with Crippen LogP contribution >= 0.6 is 0 Å². The second-order valence-corrected chi connectivity index (χ2v) is 5.17. The van der Waals surface area contributed by atoms with Gasteiger partial charge >= 0.3 is 0 Å². The zero-order valence-electron chi connectivity index (χ0n) is 11.3. The molecule has 0 aromatic heterocycles. The molecule has 1 amide bonds. The third kappa shape index (κ3) is 3.32. The molecule has 4 heteroatoms. The molecule has 0 unspecified atom stereocenters. The van der Waals surface area contributed by atoms with Gasteiger partial charge in [0.1, 0.15) is 5.82 Å². The zero-order chi connectivity index (χ0) is 13.8. The predicted octanol–water partition coefficient (Wildman–Crippen LogP) is 2.70. The lowest BCUT2D eigenvalue weighted by atomic mass is 9.99. The van der Waals surface area contributed by atoms with Crippen LogP contribution in [0.15, 0.2) is 24.3 Å². The van der Waals surface area contributed by atoms with Gasteiger partial charge in [-0.1, -0.05) is 6.42 Å². The van der Waals surface area contributed by atoms with Crippen molar-refractivity contribution in [2.75, 3.05) is 11.4 Å². The molecule has 1 saturated carbocycles. The lowest BCUT2D eigenvalue weighted by molar-refractivity contribution is -0.119. The minimum Gasteiger partial charge on any atom is -0.327 e. The Kier molecular flexibility index (Phi) is 4.53. The Morgan fingerprint density at radius 2 is 2.05 bits per heavy atom. The van der Waals surface area contributed by atoms with Gasteiger partial charge in [-0.3, -0.25) is 4.79 Å². The highest BCUT2D eigenvalue weighted by Crippen LogP contribution is 2.28. The number of amides is 1. The first-order valence-corrected chi connectivity index (χ1v) is 6.93. The molecule has 19 heavy (non-hydrogen) atoms. The lowest BCUT2D eigenvalue weighted by Crippen LogP contribution is -2.35. The summed E-state index contributed by atoms with van der Waals surface area (Å²) in [5, 5.41) is 0. The smallest absolute Gasteiger partial charge is 0.227 e. The average Bonchev–Trinajstić information content (AvgIpc) is 2.78. The summed E-state index contributed by atoms with van der Waals surface area (Å²) < 4.78 is 12.9. The second kappa shape index (κ2) is 6.15. The van der Waals surface area contributed by atoms with E-state index in [1.54, 1.807) is 17.0 Å². The van der Waals surface area contributed by atoms with Crippen molar-refractivity contribution < 1.29 is 9.18 Å². The maximum Gasteiger partial charge on any atom is 0.227 e. The molecule has 2 atom stereocenters. The van der Waals surface area contributed by atoms with Gasteiger partial charge in [-0.2, -0.15) is 0 Å². The van der Waals surface area contributed by atoms with Gasteiger partial charge in [-0.05, 0) is 49.9 Å². The highest BCUT2D eigenvalue weighted by Gasteiger charge is 2.28. The van der Waals surface area contributed by atoms with E-state index in [1.807, 2.05) is 6.92 Å². The number of benzene rings is 1. The predicted molar refractivity (Wildman–Crippen MR) is 74.4 cm³/mol. The fraction of sp³-hybridized carbons (Fsp3) is 0.533. The summed E-state index contributed by atoms with van der Waals surface area (Å²) >= 11 is 0. The van der Waals surface area contributed by atoms with Crippen LogP contribution in [0.3, 0.4) is 0 Å². The summed E-state index contributed by atoms with van der Waals surface area (Å²) in [5.74, 6) is 0.0866. The van der Waals surface area contributed by atoms with Crippen LogP contribution in [-0.4, -0.2) is 18.5 Å². The Morgan fingerprint density at radius 1 is 1.37 bits per heavy atom. The number of hydrogen-bond acceptors (Lipinski definition) is 2. The van der Waals surface area contributed by atoms with E-state index in [0.717, 1.165) is 24.9 Å². The number of carbonyl (C=O) groups excluding carboxylic acids is 1. The molecule has 104 valence electrons. The standard InChI is InChI=1S/C15H21FN2O/c1-2-18(13-8-6-12(16)7-9-13)15(19)10-11-4-3-5-14(11)17/h6-9,11,14H,2-5,10,17H2,1H3/t11-,14+/m0/s1. The molecule has 0 spiro atoms. The van der Waals surface area contributed by atoms with Crippen molar-refractivity contribution in [2.24, 2.45) is 11.7 Å². The van der Waals surface area contributed by atoms with Gasteiger partial charge in [-0.15, -0.1) is 0 Å². The Morgan fingerprint density at radius 3 is 2.58 bits per heavy atom. The molecule has 1 aliphatic carbocycles. The summed E-state index contributed by atoms with van der Waals surface area (Å²) in [4.78, 5) is 14.0. The van der Waals surface area contributed by atoms with Gasteiger partial charge < -0.3 is 10.6 Å².